The predicted molar refractivity (Wildman–Crippen MR) is 92.9 cm³/mol. The quantitative estimate of drug-likeness (QED) is 0.543. The van der Waals surface area contributed by atoms with Crippen LogP contribution in [0.1, 0.15) is 11.4 Å². The molecule has 5 heteroatoms. The van der Waals surface area contributed by atoms with E-state index in [-0.39, 0.29) is 0 Å². The summed E-state index contributed by atoms with van der Waals surface area (Å²) in [7, 11) is 0. The van der Waals surface area contributed by atoms with E-state index in [2.05, 4.69) is 39.6 Å². The highest BCUT2D eigenvalue weighted by Crippen LogP contribution is 2.28. The Labute approximate surface area is 141 Å². The molecule has 0 aliphatic carbocycles. The predicted octanol–water partition coefficient (Wildman–Crippen LogP) is 5.53. The topological polar surface area (TPSA) is 17.8 Å². The Balaban J connectivity index is 2.29. The number of fused-ring (bicyclic) bond motifs is 1. The zero-order valence-electron chi connectivity index (χ0n) is 11.4. The van der Waals surface area contributed by atoms with Gasteiger partial charge < -0.3 is 0 Å². The van der Waals surface area contributed by atoms with Crippen molar-refractivity contribution in [2.75, 3.05) is 5.88 Å². The molecule has 0 unspecified atom stereocenters. The molecule has 0 saturated carbocycles. The minimum atomic E-state index is 0.539. The van der Waals surface area contributed by atoms with Crippen LogP contribution in [0, 0.1) is 6.92 Å². The van der Waals surface area contributed by atoms with E-state index in [0.29, 0.717) is 10.9 Å². The van der Waals surface area contributed by atoms with E-state index >= 15 is 0 Å². The van der Waals surface area contributed by atoms with Gasteiger partial charge >= 0.3 is 0 Å². The summed E-state index contributed by atoms with van der Waals surface area (Å²) in [6.07, 6.45) is 0.718. The fraction of sp³-hybridized carbons (Fsp3) is 0.188. The lowest BCUT2D eigenvalue weighted by Crippen LogP contribution is -2.02. The van der Waals surface area contributed by atoms with Crippen LogP contribution in [0.4, 0.5) is 0 Å². The lowest BCUT2D eigenvalue weighted by molar-refractivity contribution is 0.912. The van der Waals surface area contributed by atoms with Crippen molar-refractivity contribution in [3.63, 3.8) is 0 Å². The number of aromatic nitrogens is 2. The molecule has 0 bridgehead atoms. The smallest absolute Gasteiger partial charge is 0.115 e. The number of aryl methyl sites for hydroxylation is 2. The molecule has 1 aromatic heterocycles. The number of hydrogen-bond acceptors (Lipinski definition) is 1. The molecular formula is C16H13BrCl2N2. The fourth-order valence-corrected chi connectivity index (χ4v) is 3.05. The van der Waals surface area contributed by atoms with Crippen molar-refractivity contribution in [3.8, 4) is 5.69 Å². The first-order chi connectivity index (χ1) is 10.1. The van der Waals surface area contributed by atoms with Crippen LogP contribution in [0.5, 0.6) is 0 Å². The first-order valence-electron chi connectivity index (χ1n) is 6.59. The third kappa shape index (κ3) is 2.83. The molecule has 2 nitrogen and oxygen atoms in total. The highest BCUT2D eigenvalue weighted by Gasteiger charge is 2.13. The summed E-state index contributed by atoms with van der Waals surface area (Å²) in [5, 5.41) is 0.693. The zero-order valence-corrected chi connectivity index (χ0v) is 14.5. The number of halogens is 3. The maximum atomic E-state index is 6.09. The molecule has 21 heavy (non-hydrogen) atoms. The number of alkyl halides is 1. The van der Waals surface area contributed by atoms with E-state index in [9.17, 15) is 0 Å². The molecule has 108 valence electrons. The van der Waals surface area contributed by atoms with E-state index in [0.717, 1.165) is 33.4 Å². The van der Waals surface area contributed by atoms with Gasteiger partial charge in [-0.25, -0.2) is 4.98 Å². The normalized spacial score (nSPS) is 11.2. The monoisotopic (exact) mass is 382 g/mol. The van der Waals surface area contributed by atoms with Gasteiger partial charge in [0, 0.05) is 22.5 Å². The Morgan fingerprint density at radius 1 is 1.19 bits per heavy atom. The third-order valence-electron chi connectivity index (χ3n) is 3.36. The van der Waals surface area contributed by atoms with Gasteiger partial charge in [0.25, 0.3) is 0 Å². The van der Waals surface area contributed by atoms with Crippen molar-refractivity contribution in [2.45, 2.75) is 13.3 Å². The lowest BCUT2D eigenvalue weighted by Gasteiger charge is -2.10. The van der Waals surface area contributed by atoms with Crippen molar-refractivity contribution in [1.82, 2.24) is 9.55 Å². The molecule has 2 aromatic carbocycles. The third-order valence-corrected chi connectivity index (χ3v) is 4.76. The Kier molecular flexibility index (Phi) is 4.25. The molecule has 0 saturated heterocycles. The summed E-state index contributed by atoms with van der Waals surface area (Å²) in [5.74, 6) is 1.50. The van der Waals surface area contributed by atoms with Gasteiger partial charge in [0.1, 0.15) is 5.82 Å². The first-order valence-corrected chi connectivity index (χ1v) is 8.30. The Bertz CT molecular complexity index is 811. The van der Waals surface area contributed by atoms with E-state index in [1.54, 1.807) is 0 Å². The molecule has 3 rings (SSSR count). The summed E-state index contributed by atoms with van der Waals surface area (Å²) >= 11 is 15.5. The van der Waals surface area contributed by atoms with Crippen LogP contribution in [-0.4, -0.2) is 15.4 Å². The summed E-state index contributed by atoms with van der Waals surface area (Å²) in [6, 6.07) is 12.1. The lowest BCUT2D eigenvalue weighted by atomic mass is 10.2. The molecule has 0 atom stereocenters. The van der Waals surface area contributed by atoms with Gasteiger partial charge in [-0.2, -0.15) is 0 Å². The summed E-state index contributed by atoms with van der Waals surface area (Å²) in [4.78, 5) is 4.70. The van der Waals surface area contributed by atoms with Crippen LogP contribution in [0.3, 0.4) is 0 Å². The molecule has 0 aliphatic heterocycles. The molecule has 0 fully saturated rings. The number of rotatable bonds is 3. The van der Waals surface area contributed by atoms with E-state index < -0.39 is 0 Å². The maximum absolute atomic E-state index is 6.09. The highest BCUT2D eigenvalue weighted by molar-refractivity contribution is 9.10. The van der Waals surface area contributed by atoms with Gasteiger partial charge in [0.05, 0.1) is 16.1 Å². The standard InChI is InChI=1S/C16H13BrCl2N2/c1-10-2-5-14-15(8-10)21(16(20-14)6-7-18)11-3-4-13(19)12(17)9-11/h2-5,8-9H,6-7H2,1H3. The average Bonchev–Trinajstić information content (AvgIpc) is 2.80. The summed E-state index contributed by atoms with van der Waals surface area (Å²) < 4.78 is 3.01. The molecule has 0 radical (unpaired) electrons. The zero-order chi connectivity index (χ0) is 15.0. The van der Waals surface area contributed by atoms with E-state index in [1.165, 1.54) is 5.56 Å². The van der Waals surface area contributed by atoms with Gasteiger partial charge in [-0.1, -0.05) is 17.7 Å². The average molecular weight is 384 g/mol. The van der Waals surface area contributed by atoms with Crippen molar-refractivity contribution in [3.05, 3.63) is 57.3 Å². The first kappa shape index (κ1) is 14.9. The maximum Gasteiger partial charge on any atom is 0.115 e. The molecule has 0 N–H and O–H groups in total. The molecule has 0 spiro atoms. The van der Waals surface area contributed by atoms with Gasteiger partial charge in [0.2, 0.25) is 0 Å². The van der Waals surface area contributed by atoms with Crippen LogP contribution in [0.15, 0.2) is 40.9 Å². The minimum Gasteiger partial charge on any atom is -0.296 e. The number of nitrogens with zero attached hydrogens (tertiary/aromatic N) is 2. The molecule has 1 heterocycles. The Morgan fingerprint density at radius 3 is 2.71 bits per heavy atom. The Hall–Kier alpha value is -1.03. The van der Waals surface area contributed by atoms with Crippen LogP contribution in [-0.2, 0) is 6.42 Å². The Morgan fingerprint density at radius 2 is 2.00 bits per heavy atom. The number of imidazole rings is 1. The van der Waals surface area contributed by atoms with Gasteiger partial charge in [-0.3, -0.25) is 4.57 Å². The van der Waals surface area contributed by atoms with Crippen LogP contribution in [0.2, 0.25) is 5.02 Å². The van der Waals surface area contributed by atoms with Crippen molar-refractivity contribution in [1.29, 1.82) is 0 Å². The molecular weight excluding hydrogens is 371 g/mol. The molecule has 0 aliphatic rings. The van der Waals surface area contributed by atoms with Crippen LogP contribution in [0.25, 0.3) is 16.7 Å². The SMILES string of the molecule is Cc1ccc2nc(CCCl)n(-c3ccc(Cl)c(Br)c3)c2c1. The van der Waals surface area contributed by atoms with Crippen molar-refractivity contribution < 1.29 is 0 Å². The van der Waals surface area contributed by atoms with Gasteiger partial charge in [0.15, 0.2) is 0 Å². The van der Waals surface area contributed by atoms with Crippen LogP contribution >= 0.6 is 39.1 Å². The largest absolute Gasteiger partial charge is 0.296 e. The second-order valence-corrected chi connectivity index (χ2v) is 6.53. The summed E-state index contributed by atoms with van der Waals surface area (Å²) in [5.41, 5.74) is 4.30. The highest BCUT2D eigenvalue weighted by atomic mass is 79.9. The van der Waals surface area contributed by atoms with Gasteiger partial charge in [-0.15, -0.1) is 11.6 Å². The van der Waals surface area contributed by atoms with Crippen molar-refractivity contribution >= 4 is 50.2 Å². The van der Waals surface area contributed by atoms with E-state index in [1.807, 2.05) is 24.3 Å². The second kappa shape index (κ2) is 5.99. The van der Waals surface area contributed by atoms with Crippen molar-refractivity contribution in [2.24, 2.45) is 0 Å². The van der Waals surface area contributed by atoms with E-state index in [4.69, 9.17) is 28.2 Å². The molecule has 0 amide bonds. The fourth-order valence-electron chi connectivity index (χ4n) is 2.40. The molecule has 3 aromatic rings. The second-order valence-electron chi connectivity index (χ2n) is 4.89. The summed E-state index contributed by atoms with van der Waals surface area (Å²) in [6.45, 7) is 2.08. The number of hydrogen-bond donors (Lipinski definition) is 0. The van der Waals surface area contributed by atoms with Gasteiger partial charge in [-0.05, 0) is 58.7 Å². The van der Waals surface area contributed by atoms with Crippen LogP contribution < -0.4 is 0 Å². The minimum absolute atomic E-state index is 0.539. The number of benzene rings is 2.